The largest absolute Gasteiger partial charge is 0.493 e. The van der Waals surface area contributed by atoms with Crippen LogP contribution in [0.25, 0.3) is 11.3 Å². The topological polar surface area (TPSA) is 96.4 Å². The SMILES string of the molecule is CCCCCCCCOc1ccc(Nc2nc(-c3ccc(CNC(=O)O)nc3)cs2)cc1C(F)(F)F. The Bertz CT molecular complexity index is 1120. The summed E-state index contributed by atoms with van der Waals surface area (Å²) in [6, 6.07) is 7.34. The van der Waals surface area contributed by atoms with E-state index >= 15 is 0 Å². The fourth-order valence-electron chi connectivity index (χ4n) is 3.45. The molecule has 1 aromatic carbocycles. The number of benzene rings is 1. The van der Waals surface area contributed by atoms with Crippen molar-refractivity contribution in [1.29, 1.82) is 0 Å². The molecule has 0 saturated carbocycles. The number of halogens is 3. The Balaban J connectivity index is 1.62. The molecule has 1 amide bonds. The van der Waals surface area contributed by atoms with Crippen LogP contribution in [0.1, 0.15) is 56.7 Å². The van der Waals surface area contributed by atoms with Gasteiger partial charge in [0.1, 0.15) is 5.75 Å². The van der Waals surface area contributed by atoms with Gasteiger partial charge in [-0.2, -0.15) is 13.2 Å². The highest BCUT2D eigenvalue weighted by atomic mass is 32.1. The van der Waals surface area contributed by atoms with Gasteiger partial charge in [0, 0.05) is 22.8 Å². The van der Waals surface area contributed by atoms with Crippen LogP contribution in [-0.4, -0.2) is 27.8 Å². The summed E-state index contributed by atoms with van der Waals surface area (Å²) in [6.45, 7) is 2.46. The van der Waals surface area contributed by atoms with Crippen LogP contribution >= 0.6 is 11.3 Å². The Labute approximate surface area is 211 Å². The molecule has 36 heavy (non-hydrogen) atoms. The molecule has 0 unspecified atom stereocenters. The number of thiazole rings is 1. The van der Waals surface area contributed by atoms with Gasteiger partial charge in [0.25, 0.3) is 0 Å². The lowest BCUT2D eigenvalue weighted by Crippen LogP contribution is -2.20. The maximum atomic E-state index is 13.7. The first-order valence-corrected chi connectivity index (χ1v) is 12.6. The van der Waals surface area contributed by atoms with Crippen LogP contribution < -0.4 is 15.4 Å². The number of aromatic nitrogens is 2. The lowest BCUT2D eigenvalue weighted by atomic mass is 10.1. The van der Waals surface area contributed by atoms with Crippen LogP contribution in [0.2, 0.25) is 0 Å². The number of nitrogens with one attached hydrogen (secondary N) is 2. The summed E-state index contributed by atoms with van der Waals surface area (Å²) in [7, 11) is 0. The highest BCUT2D eigenvalue weighted by Gasteiger charge is 2.34. The predicted molar refractivity (Wildman–Crippen MR) is 134 cm³/mol. The average molecular weight is 523 g/mol. The molecule has 3 aromatic rings. The van der Waals surface area contributed by atoms with Crippen LogP contribution in [0.5, 0.6) is 5.75 Å². The molecular weight excluding hydrogens is 493 g/mol. The van der Waals surface area contributed by atoms with E-state index in [-0.39, 0.29) is 24.6 Å². The first-order chi connectivity index (χ1) is 17.3. The normalized spacial score (nSPS) is 11.3. The Morgan fingerprint density at radius 3 is 2.58 bits per heavy atom. The summed E-state index contributed by atoms with van der Waals surface area (Å²) in [5, 5.41) is 16.0. The number of amides is 1. The number of hydrogen-bond donors (Lipinski definition) is 3. The standard InChI is InChI=1S/C25H29F3N4O3S/c1-2-3-4-5-6-7-12-35-22-11-10-18(13-20(22)25(26,27)28)31-23-32-21(16-36-23)17-8-9-19(29-14-17)15-30-24(33)34/h8-11,13-14,16,30H,2-7,12,15H2,1H3,(H,31,32)(H,33,34). The van der Waals surface area contributed by atoms with Crippen molar-refractivity contribution in [3.63, 3.8) is 0 Å². The number of carbonyl (C=O) groups is 1. The molecule has 3 N–H and O–H groups in total. The monoisotopic (exact) mass is 522 g/mol. The number of pyridine rings is 1. The van der Waals surface area contributed by atoms with Gasteiger partial charge in [-0.15, -0.1) is 11.3 Å². The second kappa shape index (κ2) is 13.1. The third kappa shape index (κ3) is 8.40. The van der Waals surface area contributed by atoms with E-state index in [2.05, 4.69) is 27.5 Å². The maximum absolute atomic E-state index is 13.7. The van der Waals surface area contributed by atoms with Gasteiger partial charge in [-0.1, -0.05) is 39.0 Å². The van der Waals surface area contributed by atoms with E-state index in [1.165, 1.54) is 23.8 Å². The first kappa shape index (κ1) is 27.3. The third-order valence-electron chi connectivity index (χ3n) is 5.34. The molecule has 11 heteroatoms. The molecule has 0 spiro atoms. The summed E-state index contributed by atoms with van der Waals surface area (Å²) < 4.78 is 46.5. The highest BCUT2D eigenvalue weighted by Crippen LogP contribution is 2.39. The predicted octanol–water partition coefficient (Wildman–Crippen LogP) is 7.47. The number of carboxylic acid groups (broad SMARTS) is 1. The molecule has 0 radical (unpaired) electrons. The average Bonchev–Trinajstić information content (AvgIpc) is 3.31. The fraction of sp³-hybridized carbons (Fsp3) is 0.400. The van der Waals surface area contributed by atoms with E-state index in [1.54, 1.807) is 29.8 Å². The van der Waals surface area contributed by atoms with Crippen molar-refractivity contribution in [2.24, 2.45) is 0 Å². The number of hydrogen-bond acceptors (Lipinski definition) is 6. The van der Waals surface area contributed by atoms with Gasteiger partial charge in [0.15, 0.2) is 5.13 Å². The minimum Gasteiger partial charge on any atom is -0.493 e. The number of anilines is 2. The van der Waals surface area contributed by atoms with Crippen molar-refractivity contribution in [3.05, 3.63) is 53.2 Å². The molecule has 7 nitrogen and oxygen atoms in total. The lowest BCUT2D eigenvalue weighted by molar-refractivity contribution is -0.138. The molecule has 0 aliphatic carbocycles. The second-order valence-corrected chi connectivity index (χ2v) is 9.04. The number of nitrogens with zero attached hydrogens (tertiary/aromatic N) is 2. The quantitative estimate of drug-likeness (QED) is 0.202. The van der Waals surface area contributed by atoms with E-state index in [9.17, 15) is 18.0 Å². The van der Waals surface area contributed by atoms with Crippen LogP contribution in [-0.2, 0) is 12.7 Å². The number of ether oxygens (including phenoxy) is 1. The Kier molecular flexibility index (Phi) is 9.92. The molecule has 2 aromatic heterocycles. The summed E-state index contributed by atoms with van der Waals surface area (Å²) in [4.78, 5) is 19.2. The van der Waals surface area contributed by atoms with Crippen molar-refractivity contribution >= 4 is 28.2 Å². The van der Waals surface area contributed by atoms with Crippen molar-refractivity contribution in [3.8, 4) is 17.0 Å². The Morgan fingerprint density at radius 1 is 1.11 bits per heavy atom. The van der Waals surface area contributed by atoms with Crippen molar-refractivity contribution in [1.82, 2.24) is 15.3 Å². The van der Waals surface area contributed by atoms with Crippen molar-refractivity contribution in [2.75, 3.05) is 11.9 Å². The van der Waals surface area contributed by atoms with Crippen molar-refractivity contribution in [2.45, 2.75) is 58.2 Å². The minimum absolute atomic E-state index is 0.0830. The molecule has 0 aliphatic rings. The van der Waals surface area contributed by atoms with Gasteiger partial charge in [0.2, 0.25) is 0 Å². The van der Waals surface area contributed by atoms with Crippen LogP contribution in [0.4, 0.5) is 28.8 Å². The summed E-state index contributed by atoms with van der Waals surface area (Å²) in [6.07, 6.45) is 2.04. The van der Waals surface area contributed by atoms with Crippen LogP contribution in [0.15, 0.2) is 41.9 Å². The second-order valence-electron chi connectivity index (χ2n) is 8.18. The molecular formula is C25H29F3N4O3S. The van der Waals surface area contributed by atoms with E-state index in [0.717, 1.165) is 38.2 Å². The summed E-state index contributed by atoms with van der Waals surface area (Å²) in [5.41, 5.74) is 1.28. The third-order valence-corrected chi connectivity index (χ3v) is 6.09. The molecule has 2 heterocycles. The Morgan fingerprint density at radius 2 is 1.89 bits per heavy atom. The van der Waals surface area contributed by atoms with Gasteiger partial charge in [-0.25, -0.2) is 9.78 Å². The zero-order valence-corrected chi connectivity index (χ0v) is 20.7. The number of alkyl halides is 3. The molecule has 0 atom stereocenters. The van der Waals surface area contributed by atoms with E-state index < -0.39 is 17.8 Å². The van der Waals surface area contributed by atoms with Gasteiger partial charge in [-0.05, 0) is 36.8 Å². The Hall–Kier alpha value is -3.34. The molecule has 0 fully saturated rings. The van der Waals surface area contributed by atoms with Gasteiger partial charge >= 0.3 is 12.3 Å². The smallest absolute Gasteiger partial charge is 0.420 e. The zero-order valence-electron chi connectivity index (χ0n) is 19.9. The van der Waals surface area contributed by atoms with Gasteiger partial charge in [-0.3, -0.25) is 4.98 Å². The van der Waals surface area contributed by atoms with E-state index in [1.807, 2.05) is 0 Å². The maximum Gasteiger partial charge on any atom is 0.420 e. The molecule has 3 rings (SSSR count). The summed E-state index contributed by atoms with van der Waals surface area (Å²) >= 11 is 1.25. The van der Waals surface area contributed by atoms with Gasteiger partial charge < -0.3 is 20.5 Å². The van der Waals surface area contributed by atoms with Gasteiger partial charge in [0.05, 0.1) is 30.1 Å². The van der Waals surface area contributed by atoms with Crippen LogP contribution in [0, 0.1) is 0 Å². The molecule has 0 bridgehead atoms. The van der Waals surface area contributed by atoms with Crippen molar-refractivity contribution < 1.29 is 27.8 Å². The highest BCUT2D eigenvalue weighted by molar-refractivity contribution is 7.14. The van der Waals surface area contributed by atoms with E-state index in [0.29, 0.717) is 22.1 Å². The first-order valence-electron chi connectivity index (χ1n) is 11.7. The fourth-order valence-corrected chi connectivity index (χ4v) is 4.19. The number of rotatable bonds is 13. The minimum atomic E-state index is -4.55. The number of unbranched alkanes of at least 4 members (excludes halogenated alkanes) is 5. The lowest BCUT2D eigenvalue weighted by Gasteiger charge is -2.15. The van der Waals surface area contributed by atoms with Crippen LogP contribution in [0.3, 0.4) is 0 Å². The molecule has 0 aliphatic heterocycles. The zero-order chi connectivity index (χ0) is 26.0. The van der Waals surface area contributed by atoms with E-state index in [4.69, 9.17) is 9.84 Å². The molecule has 0 saturated heterocycles. The molecule has 194 valence electrons. The summed E-state index contributed by atoms with van der Waals surface area (Å²) in [5.74, 6) is -0.176.